The minimum absolute atomic E-state index is 0.0704. The molecule has 0 aliphatic rings. The van der Waals surface area contributed by atoms with Crippen molar-refractivity contribution in [3.8, 4) is 5.75 Å². The van der Waals surface area contributed by atoms with Crippen molar-refractivity contribution < 1.29 is 13.9 Å². The highest BCUT2D eigenvalue weighted by Gasteiger charge is 2.13. The van der Waals surface area contributed by atoms with Gasteiger partial charge in [0.2, 0.25) is 12.3 Å². The number of nitrogens with one attached hydrogen (secondary N) is 1. The fourth-order valence-electron chi connectivity index (χ4n) is 1.83. The van der Waals surface area contributed by atoms with Crippen LogP contribution in [0.3, 0.4) is 0 Å². The molecule has 1 aromatic carbocycles. The Kier molecular flexibility index (Phi) is 5.55. The molecule has 0 saturated carbocycles. The maximum Gasteiger partial charge on any atom is 0.258 e. The van der Waals surface area contributed by atoms with Crippen LogP contribution in [0.25, 0.3) is 5.57 Å². The number of aromatic nitrogens is 2. The molecule has 7 heteroatoms. The van der Waals surface area contributed by atoms with Crippen LogP contribution in [0, 0.1) is 0 Å². The average molecular weight is 322 g/mol. The molecule has 116 valence electrons. The van der Waals surface area contributed by atoms with Gasteiger partial charge in [-0.2, -0.15) is 0 Å². The van der Waals surface area contributed by atoms with Crippen LogP contribution in [0.4, 0.5) is 0 Å². The van der Waals surface area contributed by atoms with Gasteiger partial charge in [-0.3, -0.25) is 4.79 Å². The lowest BCUT2D eigenvalue weighted by Gasteiger charge is -2.14. The molecule has 1 aromatic heterocycles. The first-order valence-corrected chi connectivity index (χ1v) is 7.04. The topological polar surface area (TPSA) is 77.2 Å². The Morgan fingerprint density at radius 2 is 2.18 bits per heavy atom. The fourth-order valence-corrected chi connectivity index (χ4v) is 1.96. The normalized spacial score (nSPS) is 11.7. The quantitative estimate of drug-likeness (QED) is 0.848. The summed E-state index contributed by atoms with van der Waals surface area (Å²) in [6, 6.07) is 6.69. The molecular weight excluding hydrogens is 306 g/mol. The minimum atomic E-state index is -0.222. The SMILES string of the molecule is C=C(CC(C)NC(=O)COc1ccc(Cl)cc1)c1nnco1. The van der Waals surface area contributed by atoms with E-state index >= 15 is 0 Å². The van der Waals surface area contributed by atoms with Crippen molar-refractivity contribution in [3.63, 3.8) is 0 Å². The van der Waals surface area contributed by atoms with Gasteiger partial charge in [-0.25, -0.2) is 0 Å². The summed E-state index contributed by atoms with van der Waals surface area (Å²) in [5.41, 5.74) is 0.670. The molecular formula is C15H16ClN3O3. The van der Waals surface area contributed by atoms with E-state index in [1.54, 1.807) is 24.3 Å². The molecule has 2 rings (SSSR count). The second kappa shape index (κ2) is 7.61. The number of ether oxygens (including phenoxy) is 1. The molecule has 1 unspecified atom stereocenters. The number of benzene rings is 1. The van der Waals surface area contributed by atoms with E-state index in [4.69, 9.17) is 20.8 Å². The first kappa shape index (κ1) is 16.0. The summed E-state index contributed by atoms with van der Waals surface area (Å²) in [7, 11) is 0. The van der Waals surface area contributed by atoms with E-state index in [1.165, 1.54) is 6.39 Å². The fraction of sp³-hybridized carbons (Fsp3) is 0.267. The Labute approximate surface area is 133 Å². The van der Waals surface area contributed by atoms with E-state index in [0.29, 0.717) is 28.7 Å². The monoisotopic (exact) mass is 321 g/mol. The molecule has 6 nitrogen and oxygen atoms in total. The molecule has 1 heterocycles. The Morgan fingerprint density at radius 1 is 1.45 bits per heavy atom. The maximum absolute atomic E-state index is 11.8. The zero-order valence-electron chi connectivity index (χ0n) is 12.1. The van der Waals surface area contributed by atoms with Crippen LogP contribution in [-0.4, -0.2) is 28.8 Å². The molecule has 0 fully saturated rings. The van der Waals surface area contributed by atoms with Crippen LogP contribution in [-0.2, 0) is 4.79 Å². The number of carbonyl (C=O) groups is 1. The van der Waals surface area contributed by atoms with Crippen LogP contribution >= 0.6 is 11.6 Å². The highest BCUT2D eigenvalue weighted by atomic mass is 35.5. The van der Waals surface area contributed by atoms with Gasteiger partial charge in [-0.1, -0.05) is 18.2 Å². The molecule has 0 aliphatic carbocycles. The van der Waals surface area contributed by atoms with Gasteiger partial charge in [0, 0.05) is 16.6 Å². The molecule has 0 bridgehead atoms. The third-order valence-electron chi connectivity index (χ3n) is 2.81. The summed E-state index contributed by atoms with van der Waals surface area (Å²) >= 11 is 5.77. The van der Waals surface area contributed by atoms with E-state index in [1.807, 2.05) is 6.92 Å². The number of hydrogen-bond donors (Lipinski definition) is 1. The molecule has 0 saturated heterocycles. The zero-order valence-corrected chi connectivity index (χ0v) is 12.8. The van der Waals surface area contributed by atoms with Crippen molar-refractivity contribution in [2.75, 3.05) is 6.61 Å². The van der Waals surface area contributed by atoms with Gasteiger partial charge >= 0.3 is 0 Å². The summed E-state index contributed by atoms with van der Waals surface area (Å²) in [5.74, 6) is 0.738. The van der Waals surface area contributed by atoms with Gasteiger partial charge in [0.25, 0.3) is 5.91 Å². The predicted molar refractivity (Wildman–Crippen MR) is 82.5 cm³/mol. The second-order valence-electron chi connectivity index (χ2n) is 4.76. The van der Waals surface area contributed by atoms with E-state index < -0.39 is 0 Å². The van der Waals surface area contributed by atoms with Crippen molar-refractivity contribution in [1.82, 2.24) is 15.5 Å². The largest absolute Gasteiger partial charge is 0.484 e. The molecule has 0 spiro atoms. The highest BCUT2D eigenvalue weighted by Crippen LogP contribution is 2.16. The number of amides is 1. The summed E-state index contributed by atoms with van der Waals surface area (Å²) in [6.07, 6.45) is 1.75. The van der Waals surface area contributed by atoms with Gasteiger partial charge < -0.3 is 14.5 Å². The predicted octanol–water partition coefficient (Wildman–Crippen LogP) is 2.71. The molecule has 2 aromatic rings. The third-order valence-corrected chi connectivity index (χ3v) is 3.06. The zero-order chi connectivity index (χ0) is 15.9. The summed E-state index contributed by atoms with van der Waals surface area (Å²) in [5, 5.41) is 10.8. The number of carbonyl (C=O) groups excluding carboxylic acids is 1. The second-order valence-corrected chi connectivity index (χ2v) is 5.20. The van der Waals surface area contributed by atoms with E-state index in [0.717, 1.165) is 0 Å². The number of rotatable bonds is 7. The Balaban J connectivity index is 1.74. The van der Waals surface area contributed by atoms with Gasteiger partial charge in [0.05, 0.1) is 0 Å². The van der Waals surface area contributed by atoms with Crippen molar-refractivity contribution >= 4 is 23.1 Å². The highest BCUT2D eigenvalue weighted by molar-refractivity contribution is 6.30. The standard InChI is InChI=1S/C15H16ClN3O3/c1-10(15-19-17-9-22-15)7-11(2)18-14(20)8-21-13-5-3-12(16)4-6-13/h3-6,9,11H,1,7-8H2,2H3,(H,18,20). The number of hydrogen-bond acceptors (Lipinski definition) is 5. The smallest absolute Gasteiger partial charge is 0.258 e. The lowest BCUT2D eigenvalue weighted by Crippen LogP contribution is -2.36. The summed E-state index contributed by atoms with van der Waals surface area (Å²) in [4.78, 5) is 11.8. The molecule has 22 heavy (non-hydrogen) atoms. The number of nitrogens with zero attached hydrogens (tertiary/aromatic N) is 2. The molecule has 1 amide bonds. The van der Waals surface area contributed by atoms with Crippen LogP contribution in [0.5, 0.6) is 5.75 Å². The lowest BCUT2D eigenvalue weighted by molar-refractivity contribution is -0.123. The average Bonchev–Trinajstić information content (AvgIpc) is 3.01. The van der Waals surface area contributed by atoms with E-state index in [-0.39, 0.29) is 18.6 Å². The number of halogens is 1. The third kappa shape index (κ3) is 4.89. The summed E-state index contributed by atoms with van der Waals surface area (Å²) < 4.78 is 10.4. The van der Waals surface area contributed by atoms with Crippen molar-refractivity contribution in [3.05, 3.63) is 48.2 Å². The first-order chi connectivity index (χ1) is 10.5. The Bertz CT molecular complexity index is 626. The van der Waals surface area contributed by atoms with Gasteiger partial charge in [-0.05, 0) is 37.6 Å². The van der Waals surface area contributed by atoms with Crippen molar-refractivity contribution in [1.29, 1.82) is 0 Å². The van der Waals surface area contributed by atoms with E-state index in [9.17, 15) is 4.79 Å². The van der Waals surface area contributed by atoms with Crippen molar-refractivity contribution in [2.45, 2.75) is 19.4 Å². The van der Waals surface area contributed by atoms with Gasteiger partial charge in [-0.15, -0.1) is 10.2 Å². The summed E-state index contributed by atoms with van der Waals surface area (Å²) in [6.45, 7) is 5.65. The minimum Gasteiger partial charge on any atom is -0.484 e. The van der Waals surface area contributed by atoms with Crippen LogP contribution < -0.4 is 10.1 Å². The first-order valence-electron chi connectivity index (χ1n) is 6.66. The molecule has 1 N–H and O–H groups in total. The van der Waals surface area contributed by atoms with Crippen LogP contribution in [0.1, 0.15) is 19.2 Å². The van der Waals surface area contributed by atoms with E-state index in [2.05, 4.69) is 22.1 Å². The Hall–Kier alpha value is -2.34. The van der Waals surface area contributed by atoms with Gasteiger partial charge in [0.15, 0.2) is 6.61 Å². The molecule has 1 atom stereocenters. The maximum atomic E-state index is 11.8. The lowest BCUT2D eigenvalue weighted by atomic mass is 10.1. The molecule has 0 radical (unpaired) electrons. The van der Waals surface area contributed by atoms with Crippen LogP contribution in [0.15, 0.2) is 41.7 Å². The van der Waals surface area contributed by atoms with Gasteiger partial charge in [0.1, 0.15) is 5.75 Å². The molecule has 0 aliphatic heterocycles. The Morgan fingerprint density at radius 3 is 2.82 bits per heavy atom. The van der Waals surface area contributed by atoms with Crippen molar-refractivity contribution in [2.24, 2.45) is 0 Å². The van der Waals surface area contributed by atoms with Crippen LogP contribution in [0.2, 0.25) is 5.02 Å².